The van der Waals surface area contributed by atoms with E-state index >= 15 is 0 Å². The molecule has 172 valence electrons. The van der Waals surface area contributed by atoms with Crippen LogP contribution < -0.4 is 5.32 Å². The van der Waals surface area contributed by atoms with Crippen molar-refractivity contribution in [1.29, 1.82) is 0 Å². The zero-order valence-electron chi connectivity index (χ0n) is 17.4. The third kappa shape index (κ3) is 3.99. The van der Waals surface area contributed by atoms with Crippen molar-refractivity contribution >= 4 is 11.2 Å². The van der Waals surface area contributed by atoms with E-state index in [1.807, 2.05) is 0 Å². The van der Waals surface area contributed by atoms with Crippen molar-refractivity contribution in [2.45, 2.75) is 12.4 Å². The number of hydrogen-bond acceptors (Lipinski definition) is 4. The first-order valence-corrected chi connectivity index (χ1v) is 10.2. The number of nitrogens with one attached hydrogen (secondary N) is 2. The lowest BCUT2D eigenvalue weighted by Gasteiger charge is -2.21. The van der Waals surface area contributed by atoms with Crippen molar-refractivity contribution in [3.63, 3.8) is 0 Å². The van der Waals surface area contributed by atoms with E-state index in [-0.39, 0.29) is 11.3 Å². The number of aliphatic hydroxyl groups excluding tert-OH is 1. The minimum atomic E-state index is -4.68. The van der Waals surface area contributed by atoms with Crippen LogP contribution in [-0.2, 0) is 6.18 Å². The van der Waals surface area contributed by atoms with Crippen LogP contribution in [0.3, 0.4) is 0 Å². The van der Waals surface area contributed by atoms with Gasteiger partial charge in [-0.3, -0.25) is 9.50 Å². The topological polar surface area (TPSA) is 78.2 Å². The number of alkyl halides is 3. The molecule has 2 aromatic carbocycles. The van der Waals surface area contributed by atoms with Crippen molar-refractivity contribution in [2.75, 3.05) is 5.32 Å². The van der Waals surface area contributed by atoms with Gasteiger partial charge in [0.05, 0.1) is 17.3 Å². The van der Waals surface area contributed by atoms with Crippen molar-refractivity contribution < 1.29 is 22.7 Å². The van der Waals surface area contributed by atoms with Gasteiger partial charge in [-0.1, -0.05) is 12.1 Å². The van der Waals surface area contributed by atoms with Crippen LogP contribution in [0.1, 0.15) is 17.4 Å². The third-order valence-electron chi connectivity index (χ3n) is 5.42. The quantitative estimate of drug-likeness (QED) is 0.231. The number of imidazole rings is 1. The number of hydrogen-bond donors (Lipinski definition) is 3. The molecule has 3 aromatic heterocycles. The van der Waals surface area contributed by atoms with Gasteiger partial charge in [-0.05, 0) is 54.1 Å². The van der Waals surface area contributed by atoms with E-state index < -0.39 is 23.8 Å². The molecule has 5 aromatic rings. The number of fused-ring (bicyclic) bond motifs is 1. The van der Waals surface area contributed by atoms with Crippen molar-refractivity contribution in [2.24, 2.45) is 0 Å². The van der Waals surface area contributed by atoms with E-state index in [0.717, 1.165) is 18.2 Å². The number of pyridine rings is 1. The van der Waals surface area contributed by atoms with E-state index in [4.69, 9.17) is 0 Å². The lowest BCUT2D eigenvalue weighted by Crippen LogP contribution is -2.17. The molecule has 0 saturated heterocycles. The summed E-state index contributed by atoms with van der Waals surface area (Å²) in [5.74, 6) is 0.0981. The Labute approximate surface area is 190 Å². The normalized spacial score (nSPS) is 12.7. The minimum absolute atomic E-state index is 0.273. The van der Waals surface area contributed by atoms with Gasteiger partial charge in [-0.2, -0.15) is 18.3 Å². The Hall–Kier alpha value is -4.18. The molecule has 3 N–H and O–H groups in total. The predicted octanol–water partition coefficient (Wildman–Crippen LogP) is 5.65. The summed E-state index contributed by atoms with van der Waals surface area (Å²) in [4.78, 5) is 4.42. The number of aromatic nitrogens is 4. The number of nitrogens with zero attached hydrogens (tertiary/aromatic N) is 3. The second-order valence-corrected chi connectivity index (χ2v) is 7.58. The van der Waals surface area contributed by atoms with Gasteiger partial charge >= 0.3 is 6.18 Å². The molecule has 0 aliphatic rings. The van der Waals surface area contributed by atoms with Crippen LogP contribution in [0, 0.1) is 5.82 Å². The van der Waals surface area contributed by atoms with E-state index in [9.17, 15) is 22.7 Å². The van der Waals surface area contributed by atoms with Crippen LogP contribution in [0.25, 0.3) is 28.2 Å². The second kappa shape index (κ2) is 8.31. The first-order chi connectivity index (χ1) is 16.3. The highest BCUT2D eigenvalue weighted by Crippen LogP contribution is 2.38. The molecule has 3 heterocycles. The van der Waals surface area contributed by atoms with Gasteiger partial charge in [-0.15, -0.1) is 0 Å². The molecule has 1 atom stereocenters. The van der Waals surface area contributed by atoms with Crippen molar-refractivity contribution in [3.8, 4) is 22.6 Å². The molecule has 0 amide bonds. The van der Waals surface area contributed by atoms with Gasteiger partial charge < -0.3 is 10.4 Å². The summed E-state index contributed by atoms with van der Waals surface area (Å²) in [7, 11) is 0. The number of benzene rings is 2. The van der Waals surface area contributed by atoms with E-state index in [1.165, 1.54) is 24.3 Å². The maximum atomic E-state index is 13.7. The average molecular weight is 467 g/mol. The molecule has 0 aliphatic heterocycles. The fourth-order valence-corrected chi connectivity index (χ4v) is 3.84. The van der Waals surface area contributed by atoms with Crippen LogP contribution in [0.2, 0.25) is 0 Å². The predicted molar refractivity (Wildman–Crippen MR) is 118 cm³/mol. The van der Waals surface area contributed by atoms with Crippen LogP contribution in [0.5, 0.6) is 0 Å². The maximum Gasteiger partial charge on any atom is 0.416 e. The zero-order chi connectivity index (χ0) is 23.9. The Kier molecular flexibility index (Phi) is 5.29. The number of halogens is 4. The highest BCUT2D eigenvalue weighted by atomic mass is 19.4. The van der Waals surface area contributed by atoms with Crippen LogP contribution in [0.4, 0.5) is 23.2 Å². The Morgan fingerprint density at radius 1 is 1.03 bits per heavy atom. The van der Waals surface area contributed by atoms with Crippen LogP contribution in [0.15, 0.2) is 79.3 Å². The number of anilines is 1. The van der Waals surface area contributed by atoms with Crippen LogP contribution >= 0.6 is 0 Å². The molecule has 34 heavy (non-hydrogen) atoms. The third-order valence-corrected chi connectivity index (χ3v) is 5.42. The molecular weight excluding hydrogens is 450 g/mol. The summed E-state index contributed by atoms with van der Waals surface area (Å²) in [6, 6.07) is 13.8. The molecule has 1 unspecified atom stereocenters. The fraction of sp³-hybridized carbons (Fsp3) is 0.0833. The second-order valence-electron chi connectivity index (χ2n) is 7.58. The summed E-state index contributed by atoms with van der Waals surface area (Å²) >= 11 is 0. The highest BCUT2D eigenvalue weighted by molar-refractivity contribution is 5.82. The van der Waals surface area contributed by atoms with Crippen molar-refractivity contribution in [1.82, 2.24) is 19.6 Å². The van der Waals surface area contributed by atoms with E-state index in [0.29, 0.717) is 28.2 Å². The lowest BCUT2D eigenvalue weighted by atomic mass is 9.97. The van der Waals surface area contributed by atoms with Gasteiger partial charge in [0.2, 0.25) is 0 Å². The number of aromatic amines is 1. The molecule has 0 bridgehead atoms. The van der Waals surface area contributed by atoms with Gasteiger partial charge in [0.1, 0.15) is 11.5 Å². The van der Waals surface area contributed by atoms with E-state index in [2.05, 4.69) is 20.5 Å². The molecule has 0 fully saturated rings. The van der Waals surface area contributed by atoms with E-state index in [1.54, 1.807) is 41.2 Å². The summed E-state index contributed by atoms with van der Waals surface area (Å²) in [6.07, 6.45) is -1.37. The number of rotatable bonds is 5. The Morgan fingerprint density at radius 3 is 2.53 bits per heavy atom. The van der Waals surface area contributed by atoms with Gasteiger partial charge in [0.25, 0.3) is 0 Å². The standard InChI is InChI=1S/C24H17F4N5O/c25-15-4-6-16(7-5-15)31-23(34)18-12-14(3-8-19(18)24(26,27)28)17-2-1-11-33-21(17)13-29-22(33)20-9-10-30-32-20/h1-13,23,31,34H,(H,30,32). The molecule has 10 heteroatoms. The van der Waals surface area contributed by atoms with Crippen molar-refractivity contribution in [3.05, 3.63) is 96.2 Å². The van der Waals surface area contributed by atoms with Gasteiger partial charge in [0, 0.05) is 29.2 Å². The SMILES string of the molecule is OC(Nc1ccc(F)cc1)c1cc(-c2cccn3c(-c4ccn[nH]4)ncc23)ccc1C(F)(F)F. The maximum absolute atomic E-state index is 13.7. The average Bonchev–Trinajstić information content (AvgIpc) is 3.49. The van der Waals surface area contributed by atoms with Gasteiger partial charge in [0.15, 0.2) is 12.1 Å². The first kappa shape index (κ1) is 21.7. The zero-order valence-corrected chi connectivity index (χ0v) is 17.4. The number of H-pyrrole nitrogens is 1. The molecule has 0 aliphatic carbocycles. The highest BCUT2D eigenvalue weighted by Gasteiger charge is 2.35. The monoisotopic (exact) mass is 467 g/mol. The largest absolute Gasteiger partial charge is 0.416 e. The Balaban J connectivity index is 1.59. The summed E-state index contributed by atoms with van der Waals surface area (Å²) in [5, 5.41) is 20.0. The molecule has 0 spiro atoms. The minimum Gasteiger partial charge on any atom is -0.369 e. The lowest BCUT2D eigenvalue weighted by molar-refractivity contribution is -0.139. The summed E-state index contributed by atoms with van der Waals surface area (Å²) in [5.41, 5.74) is 1.38. The molecular formula is C24H17F4N5O. The fourth-order valence-electron chi connectivity index (χ4n) is 3.84. The van der Waals surface area contributed by atoms with Crippen LogP contribution in [-0.4, -0.2) is 24.7 Å². The summed E-state index contributed by atoms with van der Waals surface area (Å²) < 4.78 is 56.2. The Bertz CT molecular complexity index is 1440. The molecule has 5 rings (SSSR count). The molecule has 0 radical (unpaired) electrons. The first-order valence-electron chi connectivity index (χ1n) is 10.2. The molecule has 6 nitrogen and oxygen atoms in total. The van der Waals surface area contributed by atoms with Gasteiger partial charge in [-0.25, -0.2) is 9.37 Å². The smallest absolute Gasteiger partial charge is 0.369 e. The number of aliphatic hydroxyl groups is 1. The molecule has 0 saturated carbocycles. The summed E-state index contributed by atoms with van der Waals surface area (Å²) in [6.45, 7) is 0. The Morgan fingerprint density at radius 2 is 1.82 bits per heavy atom.